The van der Waals surface area contributed by atoms with E-state index in [0.29, 0.717) is 11.1 Å². The summed E-state index contributed by atoms with van der Waals surface area (Å²) in [5.41, 5.74) is 0.881. The Bertz CT molecular complexity index is 602. The summed E-state index contributed by atoms with van der Waals surface area (Å²) in [6.07, 6.45) is 6.80. The zero-order valence-electron chi connectivity index (χ0n) is 11.6. The van der Waals surface area contributed by atoms with Crippen LogP contribution in [0, 0.1) is 0 Å². The second kappa shape index (κ2) is 5.98. The van der Waals surface area contributed by atoms with E-state index in [-0.39, 0.29) is 6.10 Å². The highest BCUT2D eigenvalue weighted by Crippen LogP contribution is 2.30. The molecule has 2 unspecified atom stereocenters. The first-order valence-electron chi connectivity index (χ1n) is 7.16. The maximum Gasteiger partial charge on any atom is 0.130 e. The van der Waals surface area contributed by atoms with E-state index in [1.165, 1.54) is 19.3 Å². The summed E-state index contributed by atoms with van der Waals surface area (Å²) in [5.74, 6) is 0.902. The summed E-state index contributed by atoms with van der Waals surface area (Å²) < 4.78 is 6.27. The smallest absolute Gasteiger partial charge is 0.130 e. The quantitative estimate of drug-likeness (QED) is 0.934. The molecule has 1 aromatic heterocycles. The molecule has 0 bridgehead atoms. The van der Waals surface area contributed by atoms with Crippen LogP contribution in [0.3, 0.4) is 0 Å². The van der Waals surface area contributed by atoms with Crippen LogP contribution in [0.15, 0.2) is 30.5 Å². The molecule has 1 saturated carbocycles. The zero-order valence-corrected chi connectivity index (χ0v) is 12.4. The van der Waals surface area contributed by atoms with E-state index in [1.54, 1.807) is 6.20 Å². The lowest BCUT2D eigenvalue weighted by atomic mass is 9.92. The molecule has 0 saturated heterocycles. The molecule has 0 aliphatic heterocycles. The topological polar surface area (TPSA) is 34.1 Å². The van der Waals surface area contributed by atoms with Crippen molar-refractivity contribution in [2.45, 2.75) is 37.8 Å². The number of nitrogens with one attached hydrogen (secondary N) is 1. The van der Waals surface area contributed by atoms with Crippen LogP contribution in [-0.4, -0.2) is 24.2 Å². The number of aromatic nitrogens is 1. The van der Waals surface area contributed by atoms with Crippen LogP contribution in [0.1, 0.15) is 25.7 Å². The van der Waals surface area contributed by atoms with Crippen LogP contribution in [-0.2, 0) is 0 Å². The van der Waals surface area contributed by atoms with Crippen molar-refractivity contribution in [3.8, 4) is 5.75 Å². The molecular weight excluding hydrogens is 272 g/mol. The van der Waals surface area contributed by atoms with Gasteiger partial charge < -0.3 is 10.1 Å². The van der Waals surface area contributed by atoms with Gasteiger partial charge in [-0.15, -0.1) is 0 Å². The second-order valence-corrected chi connectivity index (χ2v) is 5.74. The molecule has 2 atom stereocenters. The zero-order chi connectivity index (χ0) is 13.9. The van der Waals surface area contributed by atoms with Crippen molar-refractivity contribution in [1.29, 1.82) is 0 Å². The Kier molecular flexibility index (Phi) is 4.08. The van der Waals surface area contributed by atoms with Crippen molar-refractivity contribution in [1.82, 2.24) is 10.3 Å². The van der Waals surface area contributed by atoms with E-state index >= 15 is 0 Å². The largest absolute Gasteiger partial charge is 0.488 e. The van der Waals surface area contributed by atoms with Crippen LogP contribution in [0.25, 0.3) is 10.9 Å². The molecule has 3 rings (SSSR count). The number of nitrogens with zero attached hydrogens (tertiary/aromatic N) is 1. The number of hydrogen-bond donors (Lipinski definition) is 1. The number of ether oxygens (including phenoxy) is 1. The molecule has 2 aromatic rings. The molecule has 106 valence electrons. The van der Waals surface area contributed by atoms with E-state index < -0.39 is 0 Å². The van der Waals surface area contributed by atoms with Gasteiger partial charge >= 0.3 is 0 Å². The van der Waals surface area contributed by atoms with Crippen molar-refractivity contribution in [2.75, 3.05) is 7.05 Å². The van der Waals surface area contributed by atoms with Gasteiger partial charge in [0.25, 0.3) is 0 Å². The predicted molar refractivity (Wildman–Crippen MR) is 82.5 cm³/mol. The minimum absolute atomic E-state index is 0.232. The minimum atomic E-state index is 0.232. The summed E-state index contributed by atoms with van der Waals surface area (Å²) in [6, 6.07) is 8.11. The monoisotopic (exact) mass is 290 g/mol. The van der Waals surface area contributed by atoms with E-state index in [4.69, 9.17) is 16.3 Å². The van der Waals surface area contributed by atoms with Crippen LogP contribution < -0.4 is 10.1 Å². The number of rotatable bonds is 3. The normalized spacial score (nSPS) is 22.9. The average molecular weight is 291 g/mol. The minimum Gasteiger partial charge on any atom is -0.488 e. The lowest BCUT2D eigenvalue weighted by Gasteiger charge is -2.31. The van der Waals surface area contributed by atoms with Gasteiger partial charge in [0.15, 0.2) is 0 Å². The Labute approximate surface area is 124 Å². The number of likely N-dealkylation sites (N-methyl/N-ethyl adjacent to an activating group) is 1. The Morgan fingerprint density at radius 3 is 2.95 bits per heavy atom. The fourth-order valence-electron chi connectivity index (χ4n) is 2.93. The third-order valence-electron chi connectivity index (χ3n) is 4.02. The first kappa shape index (κ1) is 13.7. The van der Waals surface area contributed by atoms with Gasteiger partial charge in [-0.05, 0) is 50.6 Å². The molecule has 0 radical (unpaired) electrons. The molecular formula is C16H19ClN2O. The van der Waals surface area contributed by atoms with Crippen LogP contribution in [0.5, 0.6) is 5.75 Å². The Hall–Kier alpha value is -1.32. The van der Waals surface area contributed by atoms with Crippen molar-refractivity contribution in [3.05, 3.63) is 35.5 Å². The van der Waals surface area contributed by atoms with Gasteiger partial charge in [-0.1, -0.05) is 18.0 Å². The van der Waals surface area contributed by atoms with Crippen molar-refractivity contribution < 1.29 is 4.74 Å². The highest BCUT2D eigenvalue weighted by Gasteiger charge is 2.25. The summed E-state index contributed by atoms with van der Waals surface area (Å²) in [5, 5.41) is 5.10. The van der Waals surface area contributed by atoms with Crippen molar-refractivity contribution in [2.24, 2.45) is 0 Å². The van der Waals surface area contributed by atoms with Crippen molar-refractivity contribution in [3.63, 3.8) is 0 Å². The number of benzene rings is 1. The van der Waals surface area contributed by atoms with Gasteiger partial charge in [0.05, 0.1) is 5.52 Å². The van der Waals surface area contributed by atoms with Crippen LogP contribution >= 0.6 is 11.6 Å². The standard InChI is InChI=1S/C16H19ClN2O/c1-18-13-4-2-3-5-16(13)20-15-8-9-19-14-10-11(17)6-7-12(14)15/h6-10,13,16,18H,2-5H2,1H3. The molecule has 1 aliphatic carbocycles. The lowest BCUT2D eigenvalue weighted by molar-refractivity contribution is 0.119. The third kappa shape index (κ3) is 2.74. The number of halogens is 1. The molecule has 1 N–H and O–H groups in total. The van der Waals surface area contributed by atoms with Gasteiger partial charge in [-0.25, -0.2) is 0 Å². The van der Waals surface area contributed by atoms with Crippen molar-refractivity contribution >= 4 is 22.5 Å². The predicted octanol–water partition coefficient (Wildman–Crippen LogP) is 3.80. The highest BCUT2D eigenvalue weighted by atomic mass is 35.5. The molecule has 1 aliphatic rings. The van der Waals surface area contributed by atoms with Gasteiger partial charge in [0, 0.05) is 22.6 Å². The first-order valence-corrected chi connectivity index (χ1v) is 7.54. The summed E-state index contributed by atoms with van der Waals surface area (Å²) in [7, 11) is 2.01. The van der Waals surface area contributed by atoms with Gasteiger partial charge in [-0.3, -0.25) is 4.98 Å². The van der Waals surface area contributed by atoms with Gasteiger partial charge in [0.1, 0.15) is 11.9 Å². The Balaban J connectivity index is 1.90. The molecule has 3 nitrogen and oxygen atoms in total. The molecule has 4 heteroatoms. The SMILES string of the molecule is CNC1CCCCC1Oc1ccnc2cc(Cl)ccc12. The third-order valence-corrected chi connectivity index (χ3v) is 4.25. The molecule has 1 aromatic carbocycles. The van der Waals surface area contributed by atoms with Gasteiger partial charge in [0.2, 0.25) is 0 Å². The molecule has 20 heavy (non-hydrogen) atoms. The molecule has 0 spiro atoms. The van der Waals surface area contributed by atoms with Crippen LogP contribution in [0.4, 0.5) is 0 Å². The summed E-state index contributed by atoms with van der Waals surface area (Å²) in [4.78, 5) is 4.35. The number of hydrogen-bond acceptors (Lipinski definition) is 3. The van der Waals surface area contributed by atoms with E-state index in [2.05, 4.69) is 10.3 Å². The van der Waals surface area contributed by atoms with E-state index in [1.807, 2.05) is 31.3 Å². The molecule has 1 heterocycles. The fourth-order valence-corrected chi connectivity index (χ4v) is 3.10. The summed E-state index contributed by atoms with van der Waals surface area (Å²) in [6.45, 7) is 0. The fraction of sp³-hybridized carbons (Fsp3) is 0.438. The summed E-state index contributed by atoms with van der Waals surface area (Å²) >= 11 is 6.02. The Morgan fingerprint density at radius 2 is 2.10 bits per heavy atom. The van der Waals surface area contributed by atoms with Gasteiger partial charge in [-0.2, -0.15) is 0 Å². The highest BCUT2D eigenvalue weighted by molar-refractivity contribution is 6.31. The lowest BCUT2D eigenvalue weighted by Crippen LogP contribution is -2.43. The average Bonchev–Trinajstić information content (AvgIpc) is 2.47. The first-order chi connectivity index (χ1) is 9.78. The second-order valence-electron chi connectivity index (χ2n) is 5.31. The Morgan fingerprint density at radius 1 is 1.25 bits per heavy atom. The van der Waals surface area contributed by atoms with E-state index in [9.17, 15) is 0 Å². The number of fused-ring (bicyclic) bond motifs is 1. The van der Waals surface area contributed by atoms with E-state index in [0.717, 1.165) is 23.1 Å². The molecule has 1 fully saturated rings. The maximum atomic E-state index is 6.27. The van der Waals surface area contributed by atoms with Crippen LogP contribution in [0.2, 0.25) is 5.02 Å². The maximum absolute atomic E-state index is 6.27. The number of pyridine rings is 1. The molecule has 0 amide bonds.